The lowest BCUT2D eigenvalue weighted by Gasteiger charge is -2.18. The Morgan fingerprint density at radius 1 is 0.269 bits per heavy atom. The Morgan fingerprint density at radius 3 is 0.833 bits per heavy atom. The molecular formula is C72H118O6. The smallest absolute Gasteiger partial charge is 0.306 e. The molecule has 0 aliphatic heterocycles. The number of rotatable bonds is 57. The van der Waals surface area contributed by atoms with Gasteiger partial charge in [0.15, 0.2) is 6.10 Å². The van der Waals surface area contributed by atoms with Gasteiger partial charge in [0, 0.05) is 19.3 Å². The molecule has 78 heavy (non-hydrogen) atoms. The van der Waals surface area contributed by atoms with Gasteiger partial charge in [0.25, 0.3) is 0 Å². The molecule has 0 aliphatic rings. The summed E-state index contributed by atoms with van der Waals surface area (Å²) in [4.78, 5) is 38.2. The number of ether oxygens (including phenoxy) is 3. The lowest BCUT2D eigenvalue weighted by Crippen LogP contribution is -2.30. The lowest BCUT2D eigenvalue weighted by atomic mass is 10.1. The monoisotopic (exact) mass is 1080 g/mol. The third-order valence-electron chi connectivity index (χ3n) is 13.4. The molecule has 0 saturated carbocycles. The van der Waals surface area contributed by atoms with Gasteiger partial charge in [-0.15, -0.1) is 0 Å². The molecular weight excluding hydrogens is 961 g/mol. The van der Waals surface area contributed by atoms with Crippen LogP contribution in [0.2, 0.25) is 0 Å². The fourth-order valence-corrected chi connectivity index (χ4v) is 8.53. The molecule has 0 heterocycles. The molecule has 1 unspecified atom stereocenters. The van der Waals surface area contributed by atoms with Gasteiger partial charge in [0.1, 0.15) is 13.2 Å². The molecule has 0 rings (SSSR count). The van der Waals surface area contributed by atoms with Crippen molar-refractivity contribution < 1.29 is 28.6 Å². The van der Waals surface area contributed by atoms with Crippen LogP contribution in [0.15, 0.2) is 134 Å². The van der Waals surface area contributed by atoms with Crippen LogP contribution in [0.4, 0.5) is 0 Å². The molecule has 0 aromatic carbocycles. The predicted octanol–water partition coefficient (Wildman–Crippen LogP) is 22.2. The molecule has 0 fully saturated rings. The third-order valence-corrected chi connectivity index (χ3v) is 13.4. The quantitative estimate of drug-likeness (QED) is 0.0261. The topological polar surface area (TPSA) is 78.9 Å². The first-order chi connectivity index (χ1) is 38.5. The highest BCUT2D eigenvalue weighted by Gasteiger charge is 2.19. The van der Waals surface area contributed by atoms with Crippen LogP contribution in [0.3, 0.4) is 0 Å². The van der Waals surface area contributed by atoms with Crippen molar-refractivity contribution in [1.29, 1.82) is 0 Å². The first-order valence-electron chi connectivity index (χ1n) is 32.2. The highest BCUT2D eigenvalue weighted by Crippen LogP contribution is 2.14. The number of esters is 3. The fraction of sp³-hybridized carbons (Fsp3) is 0.653. The molecule has 0 aliphatic carbocycles. The van der Waals surface area contributed by atoms with E-state index in [0.717, 1.165) is 161 Å². The van der Waals surface area contributed by atoms with Crippen LogP contribution >= 0.6 is 0 Å². The standard InChI is InChI=1S/C72H118O6/c1-4-7-10-13-16-19-22-24-26-28-29-30-31-32-33-34-35-36-37-38-39-40-41-42-43-44-46-47-50-53-56-59-62-65-71(74)77-68-69(67-76-70(73)64-61-58-55-52-49-21-18-15-12-9-6-3)78-72(75)66-63-60-57-54-51-48-45-27-25-23-20-17-14-11-8-5-2/h7,10,15-16,18-19,24,26-27,29-30,32-33,35-36,38-39,41-42,44-46,69H,4-6,8-9,11-14,17,20-23,25,28,31,34,37,40,43,47-68H2,1-3H3/b10-7-,18-15-,19-16-,26-24-,30-29-,33-32-,36-35-,39-38-,42-41-,45-27-,46-44-. The molecule has 0 spiro atoms. The van der Waals surface area contributed by atoms with E-state index in [1.165, 1.54) is 83.5 Å². The number of hydrogen-bond donors (Lipinski definition) is 0. The molecule has 0 N–H and O–H groups in total. The summed E-state index contributed by atoms with van der Waals surface area (Å²) in [5, 5.41) is 0. The molecule has 1 atom stereocenters. The molecule has 6 nitrogen and oxygen atoms in total. The molecule has 0 saturated heterocycles. The number of allylic oxidation sites excluding steroid dienone is 22. The molecule has 0 amide bonds. The maximum absolute atomic E-state index is 12.9. The van der Waals surface area contributed by atoms with Gasteiger partial charge in [-0.2, -0.15) is 0 Å². The maximum Gasteiger partial charge on any atom is 0.306 e. The van der Waals surface area contributed by atoms with Gasteiger partial charge >= 0.3 is 17.9 Å². The van der Waals surface area contributed by atoms with E-state index >= 15 is 0 Å². The molecule has 0 radical (unpaired) electrons. The Balaban J connectivity index is 4.30. The number of unbranched alkanes of at least 4 members (excludes halogenated alkanes) is 24. The van der Waals surface area contributed by atoms with Crippen LogP contribution in [0.25, 0.3) is 0 Å². The zero-order valence-corrected chi connectivity index (χ0v) is 50.6. The molecule has 6 heteroatoms. The van der Waals surface area contributed by atoms with Crippen molar-refractivity contribution in [1.82, 2.24) is 0 Å². The lowest BCUT2D eigenvalue weighted by molar-refractivity contribution is -0.167. The van der Waals surface area contributed by atoms with Crippen molar-refractivity contribution in [3.05, 3.63) is 134 Å². The second-order valence-corrected chi connectivity index (χ2v) is 20.9. The number of carbonyl (C=O) groups is 3. The normalized spacial score (nSPS) is 13.0. The molecule has 442 valence electrons. The van der Waals surface area contributed by atoms with E-state index in [9.17, 15) is 14.4 Å². The summed E-state index contributed by atoms with van der Waals surface area (Å²) >= 11 is 0. The Labute approximate surface area is 481 Å². The van der Waals surface area contributed by atoms with Crippen LogP contribution in [0.1, 0.15) is 284 Å². The van der Waals surface area contributed by atoms with Gasteiger partial charge in [-0.25, -0.2) is 0 Å². The summed E-state index contributed by atoms with van der Waals surface area (Å²) in [6.45, 7) is 6.46. The Morgan fingerprint density at radius 2 is 0.513 bits per heavy atom. The highest BCUT2D eigenvalue weighted by atomic mass is 16.6. The first-order valence-corrected chi connectivity index (χ1v) is 32.2. The summed E-state index contributed by atoms with van der Waals surface area (Å²) in [5.41, 5.74) is 0. The van der Waals surface area contributed by atoms with Crippen LogP contribution in [0, 0.1) is 0 Å². The number of hydrogen-bond acceptors (Lipinski definition) is 6. The van der Waals surface area contributed by atoms with Gasteiger partial charge in [0.05, 0.1) is 0 Å². The average Bonchev–Trinajstić information content (AvgIpc) is 3.44. The SMILES string of the molecule is CC/C=C\C/C=C\C/C=C\C/C=C\C/C=C\C/C=C\C/C=C\C/C=C\C/C=C\CCCCCCCC(=O)OCC(COC(=O)CCCCCCC/C=C\CCCC)OC(=O)CCCCCCC/C=C\CCCCCCCCC. The Kier molecular flexibility index (Phi) is 61.4. The first kappa shape index (κ1) is 73.5. The van der Waals surface area contributed by atoms with Crippen molar-refractivity contribution in [2.45, 2.75) is 290 Å². The molecule has 0 aromatic rings. The van der Waals surface area contributed by atoms with Crippen LogP contribution in [-0.2, 0) is 28.6 Å². The second-order valence-electron chi connectivity index (χ2n) is 20.9. The van der Waals surface area contributed by atoms with Gasteiger partial charge in [-0.1, -0.05) is 264 Å². The van der Waals surface area contributed by atoms with E-state index < -0.39 is 6.10 Å². The second kappa shape index (κ2) is 65.1. The van der Waals surface area contributed by atoms with E-state index in [0.29, 0.717) is 19.3 Å². The largest absolute Gasteiger partial charge is 0.462 e. The summed E-state index contributed by atoms with van der Waals surface area (Å²) in [6.07, 6.45) is 91.8. The minimum absolute atomic E-state index is 0.0942. The van der Waals surface area contributed by atoms with Crippen molar-refractivity contribution in [2.24, 2.45) is 0 Å². The van der Waals surface area contributed by atoms with Crippen molar-refractivity contribution in [2.75, 3.05) is 13.2 Å². The summed E-state index contributed by atoms with van der Waals surface area (Å²) in [5.74, 6) is -0.931. The average molecular weight is 1080 g/mol. The predicted molar refractivity (Wildman–Crippen MR) is 339 cm³/mol. The van der Waals surface area contributed by atoms with Crippen LogP contribution < -0.4 is 0 Å². The summed E-state index contributed by atoms with van der Waals surface area (Å²) in [7, 11) is 0. The van der Waals surface area contributed by atoms with Gasteiger partial charge < -0.3 is 14.2 Å². The number of carbonyl (C=O) groups excluding carboxylic acids is 3. The summed E-state index contributed by atoms with van der Waals surface area (Å²) < 4.78 is 16.9. The van der Waals surface area contributed by atoms with Crippen molar-refractivity contribution in [3.63, 3.8) is 0 Å². The fourth-order valence-electron chi connectivity index (χ4n) is 8.53. The van der Waals surface area contributed by atoms with Crippen molar-refractivity contribution in [3.8, 4) is 0 Å². The van der Waals surface area contributed by atoms with E-state index in [4.69, 9.17) is 14.2 Å². The van der Waals surface area contributed by atoms with Gasteiger partial charge in [-0.05, 0) is 135 Å². The third kappa shape index (κ3) is 62.4. The molecule has 0 aromatic heterocycles. The van der Waals surface area contributed by atoms with E-state index in [2.05, 4.69) is 154 Å². The Bertz CT molecular complexity index is 1670. The minimum Gasteiger partial charge on any atom is -0.462 e. The zero-order valence-electron chi connectivity index (χ0n) is 50.6. The van der Waals surface area contributed by atoms with Gasteiger partial charge in [-0.3, -0.25) is 14.4 Å². The van der Waals surface area contributed by atoms with E-state index in [1.54, 1.807) is 0 Å². The zero-order chi connectivity index (χ0) is 56.4. The van der Waals surface area contributed by atoms with E-state index in [1.807, 2.05) is 0 Å². The van der Waals surface area contributed by atoms with Crippen LogP contribution in [0.5, 0.6) is 0 Å². The maximum atomic E-state index is 12.9. The van der Waals surface area contributed by atoms with Crippen molar-refractivity contribution >= 4 is 17.9 Å². The molecule has 0 bridgehead atoms. The summed E-state index contributed by atoms with van der Waals surface area (Å²) in [6, 6.07) is 0. The van der Waals surface area contributed by atoms with E-state index in [-0.39, 0.29) is 31.1 Å². The van der Waals surface area contributed by atoms with Crippen LogP contribution in [-0.4, -0.2) is 37.2 Å². The highest BCUT2D eigenvalue weighted by molar-refractivity contribution is 5.71. The van der Waals surface area contributed by atoms with Gasteiger partial charge in [0.2, 0.25) is 0 Å². The Hall–Kier alpha value is -4.45. The minimum atomic E-state index is -0.798.